The van der Waals surface area contributed by atoms with E-state index in [9.17, 15) is 4.79 Å². The summed E-state index contributed by atoms with van der Waals surface area (Å²) in [6, 6.07) is 0.379. The number of hydrogen-bond acceptors (Lipinski definition) is 2. The number of carbonyl (C=O) groups excluding carboxylic acids is 1. The van der Waals surface area contributed by atoms with Crippen molar-refractivity contribution in [2.75, 3.05) is 6.54 Å². The number of nitrogens with one attached hydrogen (secondary N) is 1. The lowest BCUT2D eigenvalue weighted by Crippen LogP contribution is -2.31. The standard InChI is InChI=1S/C16H30N2O/c17-15-8-4-7-13(11-15)9-10-16(19)18-12-14-5-2-1-3-6-14/h13-15H,1-12,17H2,(H,18,19). The second kappa shape index (κ2) is 7.88. The van der Waals surface area contributed by atoms with Gasteiger partial charge in [-0.15, -0.1) is 0 Å². The molecule has 3 N–H and O–H groups in total. The van der Waals surface area contributed by atoms with Crippen LogP contribution in [0.4, 0.5) is 0 Å². The lowest BCUT2D eigenvalue weighted by Gasteiger charge is -2.26. The van der Waals surface area contributed by atoms with Crippen molar-refractivity contribution >= 4 is 5.91 Å². The maximum absolute atomic E-state index is 11.9. The maximum Gasteiger partial charge on any atom is 0.220 e. The van der Waals surface area contributed by atoms with Crippen molar-refractivity contribution in [2.45, 2.75) is 76.7 Å². The molecule has 0 heterocycles. The molecule has 2 aliphatic carbocycles. The summed E-state index contributed by atoms with van der Waals surface area (Å²) in [4.78, 5) is 11.9. The second-order valence-electron chi connectivity index (χ2n) is 6.64. The highest BCUT2D eigenvalue weighted by Crippen LogP contribution is 2.27. The Kier molecular flexibility index (Phi) is 6.15. The molecule has 2 rings (SSSR count). The molecule has 0 spiro atoms. The Hall–Kier alpha value is -0.570. The predicted octanol–water partition coefficient (Wildman–Crippen LogP) is 2.98. The molecule has 0 bridgehead atoms. The smallest absolute Gasteiger partial charge is 0.220 e. The molecule has 1 amide bonds. The van der Waals surface area contributed by atoms with Gasteiger partial charge >= 0.3 is 0 Å². The van der Waals surface area contributed by atoms with Crippen LogP contribution in [-0.2, 0) is 4.79 Å². The molecule has 0 aliphatic heterocycles. The van der Waals surface area contributed by atoms with Gasteiger partial charge in [0.1, 0.15) is 0 Å². The van der Waals surface area contributed by atoms with Crippen molar-refractivity contribution in [3.8, 4) is 0 Å². The van der Waals surface area contributed by atoms with Gasteiger partial charge in [-0.2, -0.15) is 0 Å². The van der Waals surface area contributed by atoms with Crippen molar-refractivity contribution in [1.82, 2.24) is 5.32 Å². The van der Waals surface area contributed by atoms with Gasteiger partial charge in [0.15, 0.2) is 0 Å². The van der Waals surface area contributed by atoms with E-state index in [1.54, 1.807) is 0 Å². The van der Waals surface area contributed by atoms with Crippen LogP contribution in [0.2, 0.25) is 0 Å². The van der Waals surface area contributed by atoms with Gasteiger partial charge in [-0.25, -0.2) is 0 Å². The van der Waals surface area contributed by atoms with Crippen molar-refractivity contribution in [1.29, 1.82) is 0 Å². The van der Waals surface area contributed by atoms with E-state index in [2.05, 4.69) is 5.32 Å². The fraction of sp³-hybridized carbons (Fsp3) is 0.938. The first-order valence-electron chi connectivity index (χ1n) is 8.26. The van der Waals surface area contributed by atoms with E-state index in [1.165, 1.54) is 51.4 Å². The van der Waals surface area contributed by atoms with E-state index in [0.29, 0.717) is 18.4 Å². The van der Waals surface area contributed by atoms with Crippen LogP contribution in [0.15, 0.2) is 0 Å². The highest BCUT2D eigenvalue weighted by atomic mass is 16.1. The third kappa shape index (κ3) is 5.52. The Bertz CT molecular complexity index is 274. The fourth-order valence-corrected chi connectivity index (χ4v) is 3.67. The number of amides is 1. The monoisotopic (exact) mass is 266 g/mol. The first-order valence-corrected chi connectivity index (χ1v) is 8.26. The summed E-state index contributed by atoms with van der Waals surface area (Å²) in [5.41, 5.74) is 5.99. The van der Waals surface area contributed by atoms with Crippen molar-refractivity contribution < 1.29 is 4.79 Å². The number of hydrogen-bond donors (Lipinski definition) is 2. The van der Waals surface area contributed by atoms with Gasteiger partial charge in [-0.1, -0.05) is 32.1 Å². The molecule has 2 fully saturated rings. The van der Waals surface area contributed by atoms with Crippen LogP contribution in [-0.4, -0.2) is 18.5 Å². The molecule has 0 saturated heterocycles. The normalized spacial score (nSPS) is 29.1. The molecule has 19 heavy (non-hydrogen) atoms. The lowest BCUT2D eigenvalue weighted by molar-refractivity contribution is -0.121. The quantitative estimate of drug-likeness (QED) is 0.803. The van der Waals surface area contributed by atoms with E-state index in [4.69, 9.17) is 5.73 Å². The van der Waals surface area contributed by atoms with Crippen LogP contribution >= 0.6 is 0 Å². The summed E-state index contributed by atoms with van der Waals surface area (Å²) >= 11 is 0. The maximum atomic E-state index is 11.9. The molecule has 2 saturated carbocycles. The predicted molar refractivity (Wildman–Crippen MR) is 78.8 cm³/mol. The molecule has 0 aromatic carbocycles. The van der Waals surface area contributed by atoms with Gasteiger partial charge in [0, 0.05) is 19.0 Å². The van der Waals surface area contributed by atoms with Crippen molar-refractivity contribution in [2.24, 2.45) is 17.6 Å². The second-order valence-corrected chi connectivity index (χ2v) is 6.64. The average Bonchev–Trinajstić information content (AvgIpc) is 2.44. The molecule has 110 valence electrons. The summed E-state index contributed by atoms with van der Waals surface area (Å²) in [5, 5.41) is 3.13. The Morgan fingerprint density at radius 3 is 2.47 bits per heavy atom. The van der Waals surface area contributed by atoms with Crippen LogP contribution in [0.5, 0.6) is 0 Å². The van der Waals surface area contributed by atoms with E-state index < -0.39 is 0 Å². The Morgan fingerprint density at radius 2 is 1.74 bits per heavy atom. The number of carbonyl (C=O) groups is 1. The highest BCUT2D eigenvalue weighted by Gasteiger charge is 2.20. The van der Waals surface area contributed by atoms with Crippen LogP contribution in [0, 0.1) is 11.8 Å². The topological polar surface area (TPSA) is 55.1 Å². The summed E-state index contributed by atoms with van der Waals surface area (Å²) in [7, 11) is 0. The third-order valence-corrected chi connectivity index (χ3v) is 4.92. The molecule has 2 aliphatic rings. The van der Waals surface area contributed by atoms with E-state index >= 15 is 0 Å². The zero-order valence-electron chi connectivity index (χ0n) is 12.2. The summed E-state index contributed by atoms with van der Waals surface area (Å²) in [6.45, 7) is 0.906. The largest absolute Gasteiger partial charge is 0.356 e. The summed E-state index contributed by atoms with van der Waals surface area (Å²) < 4.78 is 0. The number of nitrogens with two attached hydrogens (primary N) is 1. The first-order chi connectivity index (χ1) is 9.24. The van der Waals surface area contributed by atoms with Crippen LogP contribution in [0.1, 0.15) is 70.6 Å². The number of rotatable bonds is 5. The van der Waals surface area contributed by atoms with Crippen molar-refractivity contribution in [3.05, 3.63) is 0 Å². The first kappa shape index (κ1) is 14.8. The molecule has 2 unspecified atom stereocenters. The molecular formula is C16H30N2O. The van der Waals surface area contributed by atoms with Crippen LogP contribution in [0.25, 0.3) is 0 Å². The highest BCUT2D eigenvalue weighted by molar-refractivity contribution is 5.75. The Balaban J connectivity index is 1.56. The third-order valence-electron chi connectivity index (χ3n) is 4.92. The fourth-order valence-electron chi connectivity index (χ4n) is 3.67. The Morgan fingerprint density at radius 1 is 1.00 bits per heavy atom. The minimum absolute atomic E-state index is 0.254. The molecule has 3 nitrogen and oxygen atoms in total. The minimum Gasteiger partial charge on any atom is -0.356 e. The molecule has 2 atom stereocenters. The molecule has 3 heteroatoms. The van der Waals surface area contributed by atoms with Crippen LogP contribution < -0.4 is 11.1 Å². The van der Waals surface area contributed by atoms with E-state index in [0.717, 1.165) is 25.3 Å². The minimum atomic E-state index is 0.254. The Labute approximate surface area is 117 Å². The van der Waals surface area contributed by atoms with Gasteiger partial charge < -0.3 is 11.1 Å². The molecule has 0 aromatic rings. The zero-order chi connectivity index (χ0) is 13.5. The lowest BCUT2D eigenvalue weighted by atomic mass is 9.83. The van der Waals surface area contributed by atoms with Gasteiger partial charge in [0.2, 0.25) is 5.91 Å². The zero-order valence-corrected chi connectivity index (χ0v) is 12.2. The van der Waals surface area contributed by atoms with E-state index in [1.807, 2.05) is 0 Å². The van der Waals surface area contributed by atoms with E-state index in [-0.39, 0.29) is 5.91 Å². The molecular weight excluding hydrogens is 236 g/mol. The summed E-state index contributed by atoms with van der Waals surface area (Å²) in [5.74, 6) is 1.68. The van der Waals surface area contributed by atoms with Crippen molar-refractivity contribution in [3.63, 3.8) is 0 Å². The van der Waals surface area contributed by atoms with Gasteiger partial charge in [0.25, 0.3) is 0 Å². The average molecular weight is 266 g/mol. The molecule has 0 radical (unpaired) electrons. The SMILES string of the molecule is NC1CCCC(CCC(=O)NCC2CCCCC2)C1. The molecule has 0 aromatic heterocycles. The summed E-state index contributed by atoms with van der Waals surface area (Å²) in [6.07, 6.45) is 13.2. The van der Waals surface area contributed by atoms with Crippen LogP contribution in [0.3, 0.4) is 0 Å². The van der Waals surface area contributed by atoms with Gasteiger partial charge in [0.05, 0.1) is 0 Å². The van der Waals surface area contributed by atoms with Gasteiger partial charge in [-0.3, -0.25) is 4.79 Å². The van der Waals surface area contributed by atoms with Gasteiger partial charge in [-0.05, 0) is 43.9 Å².